The zero-order valence-corrected chi connectivity index (χ0v) is 31.3. The Kier molecular flexibility index (Phi) is 10.1. The van der Waals surface area contributed by atoms with E-state index >= 15 is 0 Å². The summed E-state index contributed by atoms with van der Waals surface area (Å²) < 4.78 is 32.4. The van der Waals surface area contributed by atoms with Crippen LogP contribution in [0.15, 0.2) is 41.5 Å². The van der Waals surface area contributed by atoms with E-state index in [4.69, 9.17) is 23.4 Å². The van der Waals surface area contributed by atoms with Crippen LogP contribution < -0.4 is 0 Å². The molecule has 1 aliphatic heterocycles. The van der Waals surface area contributed by atoms with Crippen molar-refractivity contribution >= 4 is 26.2 Å². The van der Waals surface area contributed by atoms with Gasteiger partial charge in [-0.1, -0.05) is 59.7 Å². The Morgan fingerprint density at radius 1 is 0.939 bits per heavy atom. The third-order valence-corrected chi connectivity index (χ3v) is 17.4. The molecule has 10 atom stereocenters. The molecule has 0 amide bonds. The number of hydrogen-bond acceptors (Lipinski definition) is 11. The summed E-state index contributed by atoms with van der Waals surface area (Å²) in [6.45, 7) is 15.7. The Balaban J connectivity index is 1.89. The SMILES string of the molecule is CC[Si](CC)(CC)O[C@H]1C[C@H]2OC[C@@]2(OC(C)=O)C2[C@H](OC(=O)c3ccccc3)[C@]3(O)C[C@H](O)C(C)=C([C@@H](O)[C@@H](OC(C)=O)[C@@]21C)C3(C)C. The summed E-state index contributed by atoms with van der Waals surface area (Å²) in [6, 6.07) is 10.7. The van der Waals surface area contributed by atoms with Gasteiger partial charge in [0.2, 0.25) is 0 Å². The molecule has 4 aliphatic rings. The monoisotopic (exact) mass is 702 g/mol. The van der Waals surface area contributed by atoms with Gasteiger partial charge < -0.3 is 38.7 Å². The molecular formula is C37H54O11Si. The van der Waals surface area contributed by atoms with Crippen LogP contribution in [0.4, 0.5) is 0 Å². The van der Waals surface area contributed by atoms with Gasteiger partial charge in [-0.05, 0) is 48.3 Å². The summed E-state index contributed by atoms with van der Waals surface area (Å²) in [5, 5.41) is 37.4. The molecule has 3 fully saturated rings. The summed E-state index contributed by atoms with van der Waals surface area (Å²) in [6.07, 6.45) is -7.03. The van der Waals surface area contributed by atoms with Gasteiger partial charge in [-0.3, -0.25) is 9.59 Å². The fourth-order valence-electron chi connectivity index (χ4n) is 9.69. The largest absolute Gasteiger partial charge is 0.459 e. The average molecular weight is 703 g/mol. The van der Waals surface area contributed by atoms with Gasteiger partial charge in [0.15, 0.2) is 13.9 Å². The molecule has 11 nitrogen and oxygen atoms in total. The maximum absolute atomic E-state index is 14.1. The van der Waals surface area contributed by atoms with Crippen molar-refractivity contribution in [3.8, 4) is 0 Å². The summed E-state index contributed by atoms with van der Waals surface area (Å²) in [4.78, 5) is 40.2. The molecule has 272 valence electrons. The second-order valence-corrected chi connectivity index (χ2v) is 20.0. The quantitative estimate of drug-likeness (QED) is 0.144. The third-order valence-electron chi connectivity index (χ3n) is 12.7. The molecule has 12 heteroatoms. The second kappa shape index (κ2) is 13.2. The lowest BCUT2D eigenvalue weighted by molar-refractivity contribution is -0.363. The van der Waals surface area contributed by atoms with Crippen molar-refractivity contribution < 1.29 is 53.1 Å². The van der Waals surface area contributed by atoms with E-state index in [0.29, 0.717) is 5.57 Å². The maximum Gasteiger partial charge on any atom is 0.338 e. The first-order chi connectivity index (χ1) is 22.9. The molecule has 2 bridgehead atoms. The summed E-state index contributed by atoms with van der Waals surface area (Å²) in [7, 11) is -2.45. The predicted octanol–water partition coefficient (Wildman–Crippen LogP) is 4.47. The molecule has 5 rings (SSSR count). The zero-order valence-electron chi connectivity index (χ0n) is 30.3. The number of aliphatic hydroxyl groups is 3. The second-order valence-electron chi connectivity index (χ2n) is 15.3. The molecule has 1 saturated heterocycles. The van der Waals surface area contributed by atoms with Crippen LogP contribution in [0.3, 0.4) is 0 Å². The highest BCUT2D eigenvalue weighted by Crippen LogP contribution is 2.66. The number of rotatable bonds is 9. The van der Waals surface area contributed by atoms with Crippen LogP contribution >= 0.6 is 0 Å². The molecule has 0 spiro atoms. The highest BCUT2D eigenvalue weighted by atomic mass is 28.4. The summed E-state index contributed by atoms with van der Waals surface area (Å²) >= 11 is 0. The fourth-order valence-corrected chi connectivity index (χ4v) is 12.6. The van der Waals surface area contributed by atoms with Gasteiger partial charge in [0.25, 0.3) is 0 Å². The van der Waals surface area contributed by atoms with Crippen molar-refractivity contribution in [2.24, 2.45) is 16.7 Å². The normalized spacial score (nSPS) is 38.2. The number of aliphatic hydroxyl groups excluding tert-OH is 2. The topological polar surface area (TPSA) is 158 Å². The summed E-state index contributed by atoms with van der Waals surface area (Å²) in [5.41, 5.74) is -5.33. The predicted molar refractivity (Wildman–Crippen MR) is 182 cm³/mol. The highest BCUT2D eigenvalue weighted by molar-refractivity contribution is 6.73. The zero-order chi connectivity index (χ0) is 36.3. The smallest absolute Gasteiger partial charge is 0.338 e. The molecule has 49 heavy (non-hydrogen) atoms. The van der Waals surface area contributed by atoms with Gasteiger partial charge in [-0.2, -0.15) is 0 Å². The van der Waals surface area contributed by atoms with E-state index in [9.17, 15) is 29.7 Å². The Morgan fingerprint density at radius 2 is 1.55 bits per heavy atom. The lowest BCUT2D eigenvalue weighted by Crippen LogP contribution is -2.83. The van der Waals surface area contributed by atoms with Crippen molar-refractivity contribution in [1.29, 1.82) is 0 Å². The van der Waals surface area contributed by atoms with Gasteiger partial charge in [0, 0.05) is 37.5 Å². The number of benzene rings is 1. The average Bonchev–Trinajstić information content (AvgIpc) is 3.04. The molecule has 2 saturated carbocycles. The molecular weight excluding hydrogens is 648 g/mol. The molecule has 0 radical (unpaired) electrons. The Bertz CT molecular complexity index is 1470. The van der Waals surface area contributed by atoms with Gasteiger partial charge >= 0.3 is 17.9 Å². The standard InChI is InChI=1S/C37H54O11Si/c1-10-49(11-2,12-3)48-26-18-27-36(20-44-27,47-23(6)39)30-32(46-33(42)24-16-14-13-15-17-24)37(43)19-25(40)21(4)28(34(37,7)8)29(41)31(35(26,30)9)45-22(5)38/h13-17,25-27,29-32,40-41,43H,10-12,18-20H2,1-9H3/t25-,26-,27+,29+,30?,31+,32-,35+,36-,37+/m0/s1. The van der Waals surface area contributed by atoms with Crippen LogP contribution in [-0.4, -0.2) is 96.0 Å². The number of carbonyl (C=O) groups excluding carboxylic acids is 3. The van der Waals surface area contributed by atoms with Crippen LogP contribution in [0.1, 0.15) is 85.5 Å². The third kappa shape index (κ3) is 5.70. The lowest BCUT2D eigenvalue weighted by Gasteiger charge is -2.70. The molecule has 1 heterocycles. The Morgan fingerprint density at radius 3 is 2.06 bits per heavy atom. The number of ether oxygens (including phenoxy) is 4. The van der Waals surface area contributed by atoms with Gasteiger partial charge in [-0.25, -0.2) is 4.79 Å². The van der Waals surface area contributed by atoms with Crippen molar-refractivity contribution in [2.45, 2.75) is 141 Å². The number of hydrogen-bond donors (Lipinski definition) is 3. The first kappa shape index (κ1) is 37.6. The first-order valence-electron chi connectivity index (χ1n) is 17.6. The van der Waals surface area contributed by atoms with Crippen LogP contribution in [0.5, 0.6) is 0 Å². The molecule has 1 unspecified atom stereocenters. The van der Waals surface area contributed by atoms with Crippen molar-refractivity contribution in [1.82, 2.24) is 0 Å². The van der Waals surface area contributed by atoms with E-state index in [1.165, 1.54) is 13.8 Å². The summed E-state index contributed by atoms with van der Waals surface area (Å²) in [5.74, 6) is -3.15. The Labute approximate surface area is 290 Å². The van der Waals surface area contributed by atoms with E-state index in [1.54, 1.807) is 51.1 Å². The minimum Gasteiger partial charge on any atom is -0.459 e. The molecule has 1 aromatic carbocycles. The molecule has 3 N–H and O–H groups in total. The molecule has 3 aliphatic carbocycles. The minimum absolute atomic E-state index is 0.0921. The van der Waals surface area contributed by atoms with E-state index in [2.05, 4.69) is 20.8 Å². The fraction of sp³-hybridized carbons (Fsp3) is 0.703. The minimum atomic E-state index is -2.45. The molecule has 0 aromatic heterocycles. The number of fused-ring (bicyclic) bond motifs is 5. The van der Waals surface area contributed by atoms with E-state index in [1.807, 2.05) is 6.92 Å². The first-order valence-corrected chi connectivity index (χ1v) is 20.1. The number of carbonyl (C=O) groups is 3. The van der Waals surface area contributed by atoms with Crippen LogP contribution in [0, 0.1) is 16.7 Å². The van der Waals surface area contributed by atoms with Crippen LogP contribution in [-0.2, 0) is 33.0 Å². The van der Waals surface area contributed by atoms with E-state index in [-0.39, 0.29) is 30.6 Å². The van der Waals surface area contributed by atoms with Gasteiger partial charge in [0.1, 0.15) is 30.0 Å². The van der Waals surface area contributed by atoms with Gasteiger partial charge in [0.05, 0.1) is 30.3 Å². The van der Waals surface area contributed by atoms with E-state index < -0.39 is 90.8 Å². The van der Waals surface area contributed by atoms with Crippen LogP contribution in [0.25, 0.3) is 0 Å². The lowest BCUT2D eigenvalue weighted by atomic mass is 9.44. The number of esters is 3. The van der Waals surface area contributed by atoms with Crippen molar-refractivity contribution in [3.05, 3.63) is 47.0 Å². The van der Waals surface area contributed by atoms with E-state index in [0.717, 1.165) is 18.1 Å². The Hall–Kier alpha value is -2.61. The maximum atomic E-state index is 14.1. The van der Waals surface area contributed by atoms with Crippen molar-refractivity contribution in [3.63, 3.8) is 0 Å². The molecule has 1 aromatic rings. The highest BCUT2D eigenvalue weighted by Gasteiger charge is 2.78. The van der Waals surface area contributed by atoms with Crippen LogP contribution in [0.2, 0.25) is 18.1 Å². The van der Waals surface area contributed by atoms with Crippen molar-refractivity contribution in [2.75, 3.05) is 6.61 Å². The van der Waals surface area contributed by atoms with Gasteiger partial charge in [-0.15, -0.1) is 0 Å².